The summed E-state index contributed by atoms with van der Waals surface area (Å²) in [4.78, 5) is 42.4. The fraction of sp³-hybridized carbons (Fsp3) is 0.360. The van der Waals surface area contributed by atoms with Gasteiger partial charge >= 0.3 is 0 Å². The van der Waals surface area contributed by atoms with E-state index in [1.165, 1.54) is 11.3 Å². The summed E-state index contributed by atoms with van der Waals surface area (Å²) in [6.45, 7) is 6.24. The third-order valence-electron chi connectivity index (χ3n) is 6.67. The summed E-state index contributed by atoms with van der Waals surface area (Å²) in [7, 11) is 0. The Bertz CT molecular complexity index is 1440. The van der Waals surface area contributed by atoms with Crippen LogP contribution in [0, 0.1) is 0 Å². The van der Waals surface area contributed by atoms with Crippen molar-refractivity contribution in [1.29, 1.82) is 0 Å². The Morgan fingerprint density at radius 1 is 1.00 bits per heavy atom. The van der Waals surface area contributed by atoms with Crippen LogP contribution < -0.4 is 10.5 Å². The van der Waals surface area contributed by atoms with E-state index in [2.05, 4.69) is 14.8 Å². The van der Waals surface area contributed by atoms with Crippen LogP contribution in [0.5, 0.6) is 0 Å². The zero-order chi connectivity index (χ0) is 23.8. The van der Waals surface area contributed by atoms with Crippen molar-refractivity contribution in [3.8, 4) is 0 Å². The van der Waals surface area contributed by atoms with E-state index in [1.807, 2.05) is 40.6 Å². The number of carbonyl (C=O) groups is 1. The topological polar surface area (TPSA) is 83.3 Å². The lowest BCUT2D eigenvalue weighted by Crippen LogP contribution is -2.46. The molecule has 2 fully saturated rings. The van der Waals surface area contributed by atoms with Crippen LogP contribution in [0.25, 0.3) is 15.9 Å². The molecule has 2 aliphatic rings. The molecule has 180 valence electrons. The molecule has 1 aromatic carbocycles. The number of nitrogens with zero attached hydrogens (tertiary/aromatic N) is 6. The highest BCUT2D eigenvalue weighted by Gasteiger charge is 2.24. The Labute approximate surface area is 206 Å². The van der Waals surface area contributed by atoms with Crippen molar-refractivity contribution in [3.05, 3.63) is 69.6 Å². The Balaban J connectivity index is 1.20. The van der Waals surface area contributed by atoms with E-state index < -0.39 is 0 Å². The summed E-state index contributed by atoms with van der Waals surface area (Å²) < 4.78 is 7.00. The normalized spacial score (nSPS) is 17.4. The van der Waals surface area contributed by atoms with Crippen LogP contribution in [0.1, 0.15) is 16.1 Å². The molecule has 0 bridgehead atoms. The van der Waals surface area contributed by atoms with Gasteiger partial charge < -0.3 is 14.5 Å². The van der Waals surface area contributed by atoms with Gasteiger partial charge in [0.1, 0.15) is 5.82 Å². The van der Waals surface area contributed by atoms with Crippen LogP contribution in [-0.2, 0) is 11.3 Å². The van der Waals surface area contributed by atoms with Gasteiger partial charge in [0, 0.05) is 68.8 Å². The monoisotopic (exact) mass is 490 g/mol. The predicted molar refractivity (Wildman–Crippen MR) is 135 cm³/mol. The molecule has 10 heteroatoms. The average Bonchev–Trinajstić information content (AvgIpc) is 3.38. The molecular formula is C25H26N6O3S. The number of thiazole rings is 1. The van der Waals surface area contributed by atoms with E-state index in [-0.39, 0.29) is 11.5 Å². The van der Waals surface area contributed by atoms with Crippen molar-refractivity contribution < 1.29 is 9.53 Å². The van der Waals surface area contributed by atoms with E-state index in [9.17, 15) is 9.59 Å². The van der Waals surface area contributed by atoms with Gasteiger partial charge in [0.2, 0.25) is 0 Å². The SMILES string of the molecule is O=C(c1cc(N2CCN(Cc3cc(=O)n4ccsc4n3)CC2)nc2ccccc12)N1CCOCC1. The zero-order valence-corrected chi connectivity index (χ0v) is 20.1. The number of carbonyl (C=O) groups excluding carboxylic acids is 1. The second-order valence-corrected chi connectivity index (χ2v) is 9.73. The first-order valence-electron chi connectivity index (χ1n) is 11.9. The Hall–Kier alpha value is -3.34. The molecule has 0 aliphatic carbocycles. The number of anilines is 1. The number of piperazine rings is 1. The number of para-hydroxylation sites is 1. The van der Waals surface area contributed by atoms with Crippen LogP contribution in [0.2, 0.25) is 0 Å². The maximum Gasteiger partial charge on any atom is 0.258 e. The fourth-order valence-electron chi connectivity index (χ4n) is 4.77. The van der Waals surface area contributed by atoms with Crippen molar-refractivity contribution in [2.24, 2.45) is 0 Å². The quantitative estimate of drug-likeness (QED) is 0.433. The number of benzene rings is 1. The molecule has 35 heavy (non-hydrogen) atoms. The average molecular weight is 491 g/mol. The third kappa shape index (κ3) is 4.40. The van der Waals surface area contributed by atoms with Crippen LogP contribution >= 0.6 is 11.3 Å². The molecule has 0 radical (unpaired) electrons. The van der Waals surface area contributed by atoms with Gasteiger partial charge in [-0.3, -0.25) is 18.9 Å². The number of morpholine rings is 1. The number of pyridine rings is 1. The molecule has 0 N–H and O–H groups in total. The van der Waals surface area contributed by atoms with Gasteiger partial charge in [0.25, 0.3) is 11.5 Å². The molecule has 2 saturated heterocycles. The lowest BCUT2D eigenvalue weighted by atomic mass is 10.1. The Morgan fingerprint density at radius 3 is 2.63 bits per heavy atom. The maximum atomic E-state index is 13.4. The highest BCUT2D eigenvalue weighted by molar-refractivity contribution is 7.15. The standard InChI is InChI=1S/C25H26N6O3S/c32-23-15-18(26-25-31(23)11-14-35-25)17-28-5-7-29(8-6-28)22-16-20(19-3-1-2-4-21(19)27-22)24(33)30-9-12-34-13-10-30/h1-4,11,14-16H,5-10,12-13,17H2. The summed E-state index contributed by atoms with van der Waals surface area (Å²) in [6.07, 6.45) is 1.76. The lowest BCUT2D eigenvalue weighted by Gasteiger charge is -2.35. The highest BCUT2D eigenvalue weighted by atomic mass is 32.1. The van der Waals surface area contributed by atoms with Crippen LogP contribution in [0.3, 0.4) is 0 Å². The van der Waals surface area contributed by atoms with Gasteiger partial charge in [0.15, 0.2) is 4.96 Å². The first-order valence-corrected chi connectivity index (χ1v) is 12.7. The molecule has 5 heterocycles. The second-order valence-electron chi connectivity index (χ2n) is 8.85. The number of aromatic nitrogens is 3. The molecule has 9 nitrogen and oxygen atoms in total. The minimum Gasteiger partial charge on any atom is -0.378 e. The van der Waals surface area contributed by atoms with E-state index >= 15 is 0 Å². The molecule has 4 aromatic rings. The highest BCUT2D eigenvalue weighted by Crippen LogP contribution is 2.25. The molecule has 0 atom stereocenters. The van der Waals surface area contributed by atoms with E-state index in [4.69, 9.17) is 9.72 Å². The van der Waals surface area contributed by atoms with Gasteiger partial charge in [-0.25, -0.2) is 9.97 Å². The number of fused-ring (bicyclic) bond motifs is 2. The Morgan fingerprint density at radius 2 is 1.80 bits per heavy atom. The maximum absolute atomic E-state index is 13.4. The molecule has 0 unspecified atom stereocenters. The molecule has 2 aliphatic heterocycles. The van der Waals surface area contributed by atoms with E-state index in [0.717, 1.165) is 53.6 Å². The summed E-state index contributed by atoms with van der Waals surface area (Å²) in [5.41, 5.74) is 2.29. The first-order chi connectivity index (χ1) is 17.2. The van der Waals surface area contributed by atoms with E-state index in [1.54, 1.807) is 16.7 Å². The largest absolute Gasteiger partial charge is 0.378 e. The Kier molecular flexibility index (Phi) is 5.93. The number of rotatable bonds is 4. The number of amides is 1. The van der Waals surface area contributed by atoms with Crippen LogP contribution in [-0.4, -0.2) is 82.6 Å². The van der Waals surface area contributed by atoms with Gasteiger partial charge in [-0.05, 0) is 12.1 Å². The minimum absolute atomic E-state index is 0.0353. The summed E-state index contributed by atoms with van der Waals surface area (Å²) >= 11 is 1.47. The van der Waals surface area contributed by atoms with Crippen LogP contribution in [0.15, 0.2) is 52.8 Å². The predicted octanol–water partition coefficient (Wildman–Crippen LogP) is 2.10. The minimum atomic E-state index is -0.0392. The van der Waals surface area contributed by atoms with Crippen molar-refractivity contribution in [2.45, 2.75) is 6.54 Å². The molecule has 6 rings (SSSR count). The molecule has 3 aromatic heterocycles. The summed E-state index contributed by atoms with van der Waals surface area (Å²) in [6, 6.07) is 11.4. The number of hydrogen-bond acceptors (Lipinski definition) is 8. The second kappa shape index (κ2) is 9.37. The summed E-state index contributed by atoms with van der Waals surface area (Å²) in [5, 5.41) is 2.76. The van der Waals surface area contributed by atoms with Gasteiger partial charge in [-0.2, -0.15) is 0 Å². The molecule has 0 spiro atoms. The molecular weight excluding hydrogens is 464 g/mol. The first kappa shape index (κ1) is 22.1. The van der Waals surface area contributed by atoms with Crippen molar-refractivity contribution >= 4 is 38.9 Å². The third-order valence-corrected chi connectivity index (χ3v) is 7.43. The smallest absolute Gasteiger partial charge is 0.258 e. The van der Waals surface area contributed by atoms with E-state index in [0.29, 0.717) is 38.4 Å². The lowest BCUT2D eigenvalue weighted by molar-refractivity contribution is 0.0304. The van der Waals surface area contributed by atoms with Gasteiger partial charge in [-0.15, -0.1) is 11.3 Å². The van der Waals surface area contributed by atoms with Crippen molar-refractivity contribution in [2.75, 3.05) is 57.4 Å². The molecule has 0 saturated carbocycles. The zero-order valence-electron chi connectivity index (χ0n) is 19.3. The summed E-state index contributed by atoms with van der Waals surface area (Å²) in [5.74, 6) is 0.865. The van der Waals surface area contributed by atoms with Gasteiger partial charge in [-0.1, -0.05) is 18.2 Å². The van der Waals surface area contributed by atoms with Crippen LogP contribution in [0.4, 0.5) is 5.82 Å². The number of ether oxygens (including phenoxy) is 1. The van der Waals surface area contributed by atoms with Crippen molar-refractivity contribution in [1.82, 2.24) is 24.2 Å². The molecule has 1 amide bonds. The fourth-order valence-corrected chi connectivity index (χ4v) is 5.51. The van der Waals surface area contributed by atoms with Crippen molar-refractivity contribution in [3.63, 3.8) is 0 Å². The number of hydrogen-bond donors (Lipinski definition) is 0. The van der Waals surface area contributed by atoms with Gasteiger partial charge in [0.05, 0.1) is 30.0 Å².